The summed E-state index contributed by atoms with van der Waals surface area (Å²) in [6, 6.07) is 13.1. The number of rotatable bonds is 5. The molecule has 0 aliphatic heterocycles. The van der Waals surface area contributed by atoms with E-state index in [1.165, 1.54) is 0 Å². The molecule has 1 amide bonds. The Kier molecular flexibility index (Phi) is 4.94. The Morgan fingerprint density at radius 2 is 2.05 bits per heavy atom. The van der Waals surface area contributed by atoms with E-state index in [2.05, 4.69) is 10.5 Å². The van der Waals surface area contributed by atoms with Crippen LogP contribution in [0.25, 0.3) is 0 Å². The van der Waals surface area contributed by atoms with Crippen LogP contribution in [0.5, 0.6) is 0 Å². The lowest BCUT2D eigenvalue weighted by Gasteiger charge is -2.05. The zero-order valence-corrected chi connectivity index (χ0v) is 11.3. The molecule has 0 bridgehead atoms. The van der Waals surface area contributed by atoms with Gasteiger partial charge in [-0.05, 0) is 43.3 Å². The van der Waals surface area contributed by atoms with E-state index in [9.17, 15) is 4.79 Å². The summed E-state index contributed by atoms with van der Waals surface area (Å²) in [6.45, 7) is 2.26. The van der Waals surface area contributed by atoms with Gasteiger partial charge in [0.1, 0.15) is 5.03 Å². The topological polar surface area (TPSA) is 51.2 Å². The van der Waals surface area contributed by atoms with E-state index in [1.807, 2.05) is 37.3 Å². The number of benzene rings is 1. The predicted molar refractivity (Wildman–Crippen MR) is 73.9 cm³/mol. The second kappa shape index (κ2) is 6.92. The smallest absolute Gasteiger partial charge is 0.274 e. The minimum absolute atomic E-state index is 0.240. The maximum atomic E-state index is 11.6. The van der Waals surface area contributed by atoms with E-state index in [1.54, 1.807) is 30.1 Å². The second-order valence-corrected chi connectivity index (χ2v) is 4.75. The Bertz CT molecular complexity index is 529. The van der Waals surface area contributed by atoms with Crippen molar-refractivity contribution in [3.63, 3.8) is 0 Å². The maximum Gasteiger partial charge on any atom is 0.274 e. The van der Waals surface area contributed by atoms with Crippen LogP contribution in [0.2, 0.25) is 0 Å². The normalized spacial score (nSPS) is 10.2. The van der Waals surface area contributed by atoms with Crippen LogP contribution in [0, 0.1) is 0 Å². The van der Waals surface area contributed by atoms with Gasteiger partial charge in [-0.25, -0.2) is 10.5 Å². The van der Waals surface area contributed by atoms with E-state index < -0.39 is 0 Å². The van der Waals surface area contributed by atoms with Gasteiger partial charge in [0.05, 0.1) is 6.61 Å². The molecule has 0 aliphatic rings. The zero-order chi connectivity index (χ0) is 13.5. The van der Waals surface area contributed by atoms with Crippen molar-refractivity contribution in [2.75, 3.05) is 6.61 Å². The van der Waals surface area contributed by atoms with Crippen molar-refractivity contribution in [2.45, 2.75) is 16.8 Å². The third-order valence-electron chi connectivity index (χ3n) is 2.29. The number of nitrogens with zero attached hydrogens (tertiary/aromatic N) is 1. The highest BCUT2D eigenvalue weighted by atomic mass is 32.2. The van der Waals surface area contributed by atoms with Crippen LogP contribution in [-0.4, -0.2) is 17.5 Å². The molecule has 98 valence electrons. The van der Waals surface area contributed by atoms with Crippen LogP contribution in [0.4, 0.5) is 0 Å². The quantitative estimate of drug-likeness (QED) is 0.852. The first kappa shape index (κ1) is 13.6. The van der Waals surface area contributed by atoms with Crippen molar-refractivity contribution in [2.24, 2.45) is 0 Å². The summed E-state index contributed by atoms with van der Waals surface area (Å²) in [7, 11) is 0. The third kappa shape index (κ3) is 4.08. The van der Waals surface area contributed by atoms with Crippen molar-refractivity contribution in [1.29, 1.82) is 0 Å². The average Bonchev–Trinajstić information content (AvgIpc) is 2.46. The first-order chi connectivity index (χ1) is 9.29. The van der Waals surface area contributed by atoms with Gasteiger partial charge in [0, 0.05) is 16.7 Å². The molecule has 1 N–H and O–H groups in total. The van der Waals surface area contributed by atoms with Gasteiger partial charge in [-0.3, -0.25) is 9.63 Å². The highest BCUT2D eigenvalue weighted by Crippen LogP contribution is 2.25. The number of carbonyl (C=O) groups is 1. The first-order valence-corrected chi connectivity index (χ1v) is 6.72. The van der Waals surface area contributed by atoms with Gasteiger partial charge in [-0.1, -0.05) is 17.8 Å². The summed E-state index contributed by atoms with van der Waals surface area (Å²) in [6.07, 6.45) is 1.76. The SMILES string of the molecule is CCONC(=O)c1ccc(Sc2ccccn2)cc1. The molecule has 0 radical (unpaired) electrons. The van der Waals surface area contributed by atoms with Crippen LogP contribution in [0.3, 0.4) is 0 Å². The molecule has 0 unspecified atom stereocenters. The number of hydroxylamine groups is 1. The second-order valence-electron chi connectivity index (χ2n) is 3.66. The summed E-state index contributed by atoms with van der Waals surface area (Å²) in [5.41, 5.74) is 2.93. The standard InChI is InChI=1S/C14H14N2O2S/c1-2-18-16-14(17)11-6-8-12(9-7-11)19-13-5-3-4-10-15-13/h3-10H,2H2,1H3,(H,16,17). The summed E-state index contributed by atoms with van der Waals surface area (Å²) >= 11 is 1.55. The highest BCUT2D eigenvalue weighted by Gasteiger charge is 2.05. The molecule has 0 atom stereocenters. The number of pyridine rings is 1. The molecule has 19 heavy (non-hydrogen) atoms. The summed E-state index contributed by atoms with van der Waals surface area (Å²) in [4.78, 5) is 21.7. The van der Waals surface area contributed by atoms with Crippen molar-refractivity contribution in [1.82, 2.24) is 10.5 Å². The molecule has 0 fully saturated rings. The fourth-order valence-corrected chi connectivity index (χ4v) is 2.17. The molecule has 5 heteroatoms. The van der Waals surface area contributed by atoms with Gasteiger partial charge in [-0.2, -0.15) is 0 Å². The lowest BCUT2D eigenvalue weighted by atomic mass is 10.2. The monoisotopic (exact) mass is 274 g/mol. The van der Waals surface area contributed by atoms with Crippen LogP contribution >= 0.6 is 11.8 Å². The molecule has 4 nitrogen and oxygen atoms in total. The molecule has 0 saturated carbocycles. The molecule has 2 aromatic rings. The van der Waals surface area contributed by atoms with Crippen LogP contribution < -0.4 is 5.48 Å². The van der Waals surface area contributed by atoms with Crippen LogP contribution in [0.15, 0.2) is 58.6 Å². The molecule has 0 spiro atoms. The third-order valence-corrected chi connectivity index (χ3v) is 3.24. The van der Waals surface area contributed by atoms with Crippen LogP contribution in [0.1, 0.15) is 17.3 Å². The number of amides is 1. The Labute approximate surface area is 116 Å². The lowest BCUT2D eigenvalue weighted by Crippen LogP contribution is -2.23. The number of aromatic nitrogens is 1. The Morgan fingerprint density at radius 3 is 2.68 bits per heavy atom. The molecule has 0 saturated heterocycles. The zero-order valence-electron chi connectivity index (χ0n) is 10.5. The maximum absolute atomic E-state index is 11.6. The number of nitrogens with one attached hydrogen (secondary N) is 1. The minimum atomic E-state index is -0.240. The molecular weight excluding hydrogens is 260 g/mol. The van der Waals surface area contributed by atoms with Gasteiger partial charge >= 0.3 is 0 Å². The predicted octanol–water partition coefficient (Wildman–Crippen LogP) is 2.91. The Balaban J connectivity index is 2.00. The minimum Gasteiger partial charge on any atom is -0.274 e. The first-order valence-electron chi connectivity index (χ1n) is 5.90. The summed E-state index contributed by atoms with van der Waals surface area (Å²) < 4.78 is 0. The Hall–Kier alpha value is -1.85. The van der Waals surface area contributed by atoms with E-state index in [0.717, 1.165) is 9.92 Å². The van der Waals surface area contributed by atoms with Crippen molar-refractivity contribution < 1.29 is 9.63 Å². The Morgan fingerprint density at radius 1 is 1.26 bits per heavy atom. The van der Waals surface area contributed by atoms with E-state index in [-0.39, 0.29) is 5.91 Å². The van der Waals surface area contributed by atoms with Gasteiger partial charge in [0.25, 0.3) is 5.91 Å². The number of hydrogen-bond donors (Lipinski definition) is 1. The van der Waals surface area contributed by atoms with E-state index in [0.29, 0.717) is 12.2 Å². The average molecular weight is 274 g/mol. The molecular formula is C14H14N2O2S. The van der Waals surface area contributed by atoms with Crippen molar-refractivity contribution >= 4 is 17.7 Å². The van der Waals surface area contributed by atoms with Crippen LogP contribution in [-0.2, 0) is 4.84 Å². The van der Waals surface area contributed by atoms with E-state index in [4.69, 9.17) is 4.84 Å². The van der Waals surface area contributed by atoms with E-state index >= 15 is 0 Å². The number of hydrogen-bond acceptors (Lipinski definition) is 4. The highest BCUT2D eigenvalue weighted by molar-refractivity contribution is 7.99. The van der Waals surface area contributed by atoms with Crippen molar-refractivity contribution in [3.05, 3.63) is 54.2 Å². The number of carbonyl (C=O) groups excluding carboxylic acids is 1. The van der Waals surface area contributed by atoms with Gasteiger partial charge < -0.3 is 0 Å². The molecule has 1 aromatic heterocycles. The molecule has 0 aliphatic carbocycles. The van der Waals surface area contributed by atoms with Crippen molar-refractivity contribution in [3.8, 4) is 0 Å². The fourth-order valence-electron chi connectivity index (χ4n) is 1.40. The van der Waals surface area contributed by atoms with Gasteiger partial charge in [0.2, 0.25) is 0 Å². The van der Waals surface area contributed by atoms with Gasteiger partial charge in [-0.15, -0.1) is 0 Å². The fraction of sp³-hybridized carbons (Fsp3) is 0.143. The summed E-state index contributed by atoms with van der Waals surface area (Å²) in [5.74, 6) is -0.240. The molecule has 1 heterocycles. The molecule has 2 rings (SSSR count). The lowest BCUT2D eigenvalue weighted by molar-refractivity contribution is 0.0364. The molecule has 1 aromatic carbocycles. The summed E-state index contributed by atoms with van der Waals surface area (Å²) in [5, 5.41) is 0.925. The van der Waals surface area contributed by atoms with Gasteiger partial charge in [0.15, 0.2) is 0 Å². The largest absolute Gasteiger partial charge is 0.274 e.